The number of aromatic nitrogens is 2. The Bertz CT molecular complexity index is 587. The third-order valence-electron chi connectivity index (χ3n) is 2.99. The van der Waals surface area contributed by atoms with Gasteiger partial charge in [-0.15, -0.1) is 0 Å². The summed E-state index contributed by atoms with van der Waals surface area (Å²) < 4.78 is 1.80. The number of carboxylic acids is 1. The van der Waals surface area contributed by atoms with Crippen molar-refractivity contribution in [2.75, 3.05) is 0 Å². The van der Waals surface area contributed by atoms with Gasteiger partial charge in [0.25, 0.3) is 0 Å². The first-order chi connectivity index (χ1) is 9.10. The Hall–Kier alpha value is -2.43. The fourth-order valence-corrected chi connectivity index (χ4v) is 1.79. The van der Waals surface area contributed by atoms with Crippen molar-refractivity contribution < 1.29 is 14.7 Å². The number of benzene rings is 1. The molecule has 1 aromatic heterocycles. The number of rotatable bonds is 5. The summed E-state index contributed by atoms with van der Waals surface area (Å²) in [5, 5.41) is 8.92. The predicted octanol–water partition coefficient (Wildman–Crippen LogP) is 1.93. The molecule has 2 aromatic rings. The van der Waals surface area contributed by atoms with Crippen molar-refractivity contribution in [3.8, 4) is 0 Å². The molecule has 0 fully saturated rings. The Labute approximate surface area is 110 Å². The molecule has 19 heavy (non-hydrogen) atoms. The highest BCUT2D eigenvalue weighted by atomic mass is 16.4. The number of aldehydes is 1. The van der Waals surface area contributed by atoms with Crippen LogP contribution in [0.1, 0.15) is 34.5 Å². The average Bonchev–Trinajstić information content (AvgIpc) is 2.86. The van der Waals surface area contributed by atoms with E-state index in [9.17, 15) is 9.59 Å². The Balaban J connectivity index is 2.10. The van der Waals surface area contributed by atoms with Crippen molar-refractivity contribution in [3.05, 3.63) is 53.6 Å². The van der Waals surface area contributed by atoms with Crippen molar-refractivity contribution in [3.63, 3.8) is 0 Å². The number of carbonyl (C=O) groups is 2. The van der Waals surface area contributed by atoms with Crippen LogP contribution in [0.25, 0.3) is 0 Å². The second kappa shape index (κ2) is 5.48. The lowest BCUT2D eigenvalue weighted by molar-refractivity contribution is -0.138. The molecular formula is C14H14N2O3. The SMILES string of the molecule is CC(C(=O)O)c1ccc(Cn2cnc(C=O)c2)cc1. The minimum Gasteiger partial charge on any atom is -0.481 e. The van der Waals surface area contributed by atoms with Crippen LogP contribution in [0.2, 0.25) is 0 Å². The first-order valence-electron chi connectivity index (χ1n) is 5.88. The first kappa shape index (κ1) is 13.0. The van der Waals surface area contributed by atoms with Crippen LogP contribution >= 0.6 is 0 Å². The zero-order valence-electron chi connectivity index (χ0n) is 10.5. The minimum atomic E-state index is -0.835. The third kappa shape index (κ3) is 3.07. The Morgan fingerprint density at radius 3 is 2.63 bits per heavy atom. The monoisotopic (exact) mass is 258 g/mol. The number of aliphatic carboxylic acids is 1. The van der Waals surface area contributed by atoms with E-state index in [0.29, 0.717) is 18.5 Å². The van der Waals surface area contributed by atoms with Gasteiger partial charge < -0.3 is 9.67 Å². The fourth-order valence-electron chi connectivity index (χ4n) is 1.79. The number of hydrogen-bond acceptors (Lipinski definition) is 3. The van der Waals surface area contributed by atoms with Gasteiger partial charge in [0.15, 0.2) is 6.29 Å². The van der Waals surface area contributed by atoms with Gasteiger partial charge in [0, 0.05) is 12.7 Å². The number of imidazole rings is 1. The molecule has 2 rings (SSSR count). The van der Waals surface area contributed by atoms with E-state index in [1.807, 2.05) is 24.3 Å². The summed E-state index contributed by atoms with van der Waals surface area (Å²) in [5.41, 5.74) is 2.20. The van der Waals surface area contributed by atoms with Gasteiger partial charge in [0.05, 0.1) is 12.2 Å². The van der Waals surface area contributed by atoms with E-state index < -0.39 is 11.9 Å². The molecule has 1 atom stereocenters. The van der Waals surface area contributed by atoms with Gasteiger partial charge >= 0.3 is 5.97 Å². The molecule has 1 heterocycles. The van der Waals surface area contributed by atoms with Crippen molar-refractivity contribution in [2.45, 2.75) is 19.4 Å². The smallest absolute Gasteiger partial charge is 0.310 e. The molecule has 0 aliphatic heterocycles. The zero-order chi connectivity index (χ0) is 13.8. The topological polar surface area (TPSA) is 72.2 Å². The van der Waals surface area contributed by atoms with Crippen LogP contribution in [0.5, 0.6) is 0 Å². The number of hydrogen-bond donors (Lipinski definition) is 1. The standard InChI is InChI=1S/C14H14N2O3/c1-10(14(18)19)12-4-2-11(3-5-12)6-16-7-13(8-17)15-9-16/h2-5,7-10H,6H2,1H3,(H,18,19). The first-order valence-corrected chi connectivity index (χ1v) is 5.88. The van der Waals surface area contributed by atoms with E-state index >= 15 is 0 Å². The number of nitrogens with zero attached hydrogens (tertiary/aromatic N) is 2. The van der Waals surface area contributed by atoms with E-state index in [-0.39, 0.29) is 0 Å². The lowest BCUT2D eigenvalue weighted by atomic mass is 10.0. The van der Waals surface area contributed by atoms with Gasteiger partial charge in [-0.3, -0.25) is 9.59 Å². The summed E-state index contributed by atoms with van der Waals surface area (Å²) in [6, 6.07) is 7.39. The van der Waals surface area contributed by atoms with Crippen LogP contribution < -0.4 is 0 Å². The lowest BCUT2D eigenvalue weighted by Crippen LogP contribution is -2.07. The van der Waals surface area contributed by atoms with Crippen LogP contribution in [0.3, 0.4) is 0 Å². The van der Waals surface area contributed by atoms with E-state index in [4.69, 9.17) is 5.11 Å². The largest absolute Gasteiger partial charge is 0.481 e. The van der Waals surface area contributed by atoms with Gasteiger partial charge in [-0.1, -0.05) is 24.3 Å². The summed E-state index contributed by atoms with van der Waals surface area (Å²) in [6.45, 7) is 2.26. The number of carbonyl (C=O) groups excluding carboxylic acids is 1. The molecule has 1 unspecified atom stereocenters. The van der Waals surface area contributed by atoms with Crippen LogP contribution in [0, 0.1) is 0 Å². The van der Waals surface area contributed by atoms with E-state index in [0.717, 1.165) is 11.1 Å². The van der Waals surface area contributed by atoms with E-state index in [1.165, 1.54) is 0 Å². The molecule has 5 nitrogen and oxygen atoms in total. The Kier molecular flexibility index (Phi) is 3.75. The maximum Gasteiger partial charge on any atom is 0.310 e. The molecule has 98 valence electrons. The summed E-state index contributed by atoms with van der Waals surface area (Å²) in [4.78, 5) is 25.3. The normalized spacial score (nSPS) is 12.1. The van der Waals surface area contributed by atoms with E-state index in [2.05, 4.69) is 4.98 Å². The molecule has 5 heteroatoms. The van der Waals surface area contributed by atoms with Crippen molar-refractivity contribution in [2.24, 2.45) is 0 Å². The molecule has 0 radical (unpaired) electrons. The fraction of sp³-hybridized carbons (Fsp3) is 0.214. The van der Waals surface area contributed by atoms with Crippen LogP contribution in [0.4, 0.5) is 0 Å². The highest BCUT2D eigenvalue weighted by Crippen LogP contribution is 2.16. The van der Waals surface area contributed by atoms with Gasteiger partial charge in [-0.05, 0) is 18.1 Å². The maximum absolute atomic E-state index is 10.9. The second-order valence-corrected chi connectivity index (χ2v) is 4.39. The Morgan fingerprint density at radius 2 is 2.11 bits per heavy atom. The molecule has 0 spiro atoms. The Morgan fingerprint density at radius 1 is 1.42 bits per heavy atom. The molecule has 0 aliphatic carbocycles. The maximum atomic E-state index is 10.9. The quantitative estimate of drug-likeness (QED) is 0.832. The van der Waals surface area contributed by atoms with E-state index in [1.54, 1.807) is 24.0 Å². The van der Waals surface area contributed by atoms with Gasteiger partial charge in [-0.2, -0.15) is 0 Å². The highest BCUT2D eigenvalue weighted by Gasteiger charge is 2.12. The summed E-state index contributed by atoms with van der Waals surface area (Å²) in [5.74, 6) is -1.35. The van der Waals surface area contributed by atoms with Crippen molar-refractivity contribution in [1.29, 1.82) is 0 Å². The van der Waals surface area contributed by atoms with Gasteiger partial charge in [-0.25, -0.2) is 4.98 Å². The lowest BCUT2D eigenvalue weighted by Gasteiger charge is -2.08. The predicted molar refractivity (Wildman–Crippen MR) is 69.2 cm³/mol. The molecule has 0 saturated heterocycles. The molecule has 0 saturated carbocycles. The molecule has 0 bridgehead atoms. The third-order valence-corrected chi connectivity index (χ3v) is 2.99. The minimum absolute atomic E-state index is 0.399. The molecule has 0 aliphatic rings. The zero-order valence-corrected chi connectivity index (χ0v) is 10.5. The average molecular weight is 258 g/mol. The number of carboxylic acid groups (broad SMARTS) is 1. The molecule has 1 N–H and O–H groups in total. The van der Waals surface area contributed by atoms with Crippen molar-refractivity contribution in [1.82, 2.24) is 9.55 Å². The highest BCUT2D eigenvalue weighted by molar-refractivity contribution is 5.75. The van der Waals surface area contributed by atoms with Crippen LogP contribution in [-0.2, 0) is 11.3 Å². The second-order valence-electron chi connectivity index (χ2n) is 4.39. The molecule has 0 amide bonds. The molecular weight excluding hydrogens is 244 g/mol. The van der Waals surface area contributed by atoms with Gasteiger partial charge in [0.2, 0.25) is 0 Å². The van der Waals surface area contributed by atoms with Crippen LogP contribution in [0.15, 0.2) is 36.8 Å². The molecule has 1 aromatic carbocycles. The summed E-state index contributed by atoms with van der Waals surface area (Å²) >= 11 is 0. The van der Waals surface area contributed by atoms with Gasteiger partial charge in [0.1, 0.15) is 5.69 Å². The van der Waals surface area contributed by atoms with Crippen molar-refractivity contribution >= 4 is 12.3 Å². The van der Waals surface area contributed by atoms with Crippen LogP contribution in [-0.4, -0.2) is 26.9 Å². The summed E-state index contributed by atoms with van der Waals surface area (Å²) in [6.07, 6.45) is 3.96. The summed E-state index contributed by atoms with van der Waals surface area (Å²) in [7, 11) is 0.